The molecule has 3 heteroatoms. The Morgan fingerprint density at radius 2 is 1.65 bits per heavy atom. The average Bonchev–Trinajstić information content (AvgIpc) is 2.78. The molecule has 2 atom stereocenters. The van der Waals surface area contributed by atoms with Gasteiger partial charge in [-0.1, -0.05) is 31.5 Å². The van der Waals surface area contributed by atoms with Gasteiger partial charge in [-0.25, -0.2) is 8.78 Å². The largest absolute Gasteiger partial charge is 0.361 e. The lowest BCUT2D eigenvalue weighted by atomic mass is 9.96. The van der Waals surface area contributed by atoms with E-state index in [1.54, 1.807) is 24.3 Å². The van der Waals surface area contributed by atoms with Gasteiger partial charge in [0.25, 0.3) is 0 Å². The molecule has 3 rings (SSSR count). The summed E-state index contributed by atoms with van der Waals surface area (Å²) >= 11 is 0. The van der Waals surface area contributed by atoms with Crippen molar-refractivity contribution in [3.63, 3.8) is 0 Å². The molecule has 0 saturated carbocycles. The summed E-state index contributed by atoms with van der Waals surface area (Å²) in [5.41, 5.74) is 2.80. The van der Waals surface area contributed by atoms with E-state index in [2.05, 4.69) is 6.92 Å². The summed E-state index contributed by atoms with van der Waals surface area (Å²) in [6.07, 6.45) is 1.51. The van der Waals surface area contributed by atoms with Gasteiger partial charge in [-0.05, 0) is 47.4 Å². The van der Waals surface area contributed by atoms with Crippen LogP contribution in [0.5, 0.6) is 0 Å². The highest BCUT2D eigenvalue weighted by molar-refractivity contribution is 5.41. The van der Waals surface area contributed by atoms with Gasteiger partial charge in [-0.15, -0.1) is 0 Å². The molecule has 1 nitrogen and oxygen atoms in total. The number of hydrogen-bond acceptors (Lipinski definition) is 1. The maximum atomic E-state index is 13.5. The van der Waals surface area contributed by atoms with Gasteiger partial charge in [-0.2, -0.15) is 0 Å². The minimum absolute atomic E-state index is 0.0826. The first-order valence-corrected chi connectivity index (χ1v) is 6.89. The Bertz CT molecular complexity index is 607. The van der Waals surface area contributed by atoms with Crippen LogP contribution in [0.2, 0.25) is 0 Å². The van der Waals surface area contributed by atoms with Crippen molar-refractivity contribution in [2.75, 3.05) is 0 Å². The smallest absolute Gasteiger partial charge is 0.123 e. The van der Waals surface area contributed by atoms with E-state index in [1.807, 2.05) is 0 Å². The molecule has 104 valence electrons. The predicted octanol–water partition coefficient (Wildman–Crippen LogP) is 4.93. The summed E-state index contributed by atoms with van der Waals surface area (Å²) < 4.78 is 32.5. The number of halogens is 2. The molecule has 0 bridgehead atoms. The number of rotatable bonds is 3. The van der Waals surface area contributed by atoms with Crippen LogP contribution in [0, 0.1) is 11.6 Å². The molecular formula is C17H16F2O. The van der Waals surface area contributed by atoms with Crippen molar-refractivity contribution in [1.82, 2.24) is 0 Å². The van der Waals surface area contributed by atoms with Crippen molar-refractivity contribution in [3.8, 4) is 0 Å². The second-order valence-electron chi connectivity index (χ2n) is 5.12. The molecule has 1 aliphatic heterocycles. The monoisotopic (exact) mass is 274 g/mol. The third-order valence-electron chi connectivity index (χ3n) is 3.70. The normalized spacial score (nSPS) is 20.9. The zero-order valence-corrected chi connectivity index (χ0v) is 11.3. The Morgan fingerprint density at radius 3 is 2.35 bits per heavy atom. The summed E-state index contributed by atoms with van der Waals surface area (Å²) in [5, 5.41) is 0. The molecular weight excluding hydrogens is 258 g/mol. The molecule has 1 aliphatic rings. The van der Waals surface area contributed by atoms with E-state index in [-0.39, 0.29) is 23.8 Å². The molecule has 0 amide bonds. The maximum Gasteiger partial charge on any atom is 0.123 e. The molecule has 1 heterocycles. The van der Waals surface area contributed by atoms with Crippen molar-refractivity contribution in [2.24, 2.45) is 0 Å². The molecule has 0 aromatic heterocycles. The molecule has 0 N–H and O–H groups in total. The molecule has 20 heavy (non-hydrogen) atoms. The number of hydrogen-bond donors (Lipinski definition) is 0. The molecule has 2 aromatic rings. The maximum absolute atomic E-state index is 13.5. The number of fused-ring (bicyclic) bond motifs is 1. The highest BCUT2D eigenvalue weighted by Crippen LogP contribution is 2.44. The highest BCUT2D eigenvalue weighted by atomic mass is 19.1. The summed E-state index contributed by atoms with van der Waals surface area (Å²) in [6, 6.07) is 11.1. The van der Waals surface area contributed by atoms with E-state index < -0.39 is 0 Å². The molecule has 2 unspecified atom stereocenters. The summed E-state index contributed by atoms with van der Waals surface area (Å²) in [6.45, 7) is 2.08. The van der Waals surface area contributed by atoms with Crippen LogP contribution in [0.25, 0.3) is 0 Å². The lowest BCUT2D eigenvalue weighted by Gasteiger charge is -2.14. The van der Waals surface area contributed by atoms with E-state index in [1.165, 1.54) is 18.2 Å². The van der Waals surface area contributed by atoms with E-state index >= 15 is 0 Å². The van der Waals surface area contributed by atoms with Crippen LogP contribution < -0.4 is 0 Å². The van der Waals surface area contributed by atoms with E-state index in [4.69, 9.17) is 4.74 Å². The van der Waals surface area contributed by atoms with Crippen molar-refractivity contribution < 1.29 is 13.5 Å². The Labute approximate surface area is 117 Å². The standard InChI is InChI=1S/C17H16F2O/c1-2-3-16-15-10-13(19)8-9-14(15)17(20-16)11-4-6-12(18)7-5-11/h4-10,16-17H,2-3H2,1H3. The number of ether oxygens (including phenoxy) is 1. The third-order valence-corrected chi connectivity index (χ3v) is 3.70. The van der Waals surface area contributed by atoms with Crippen LogP contribution in [0.4, 0.5) is 8.78 Å². The van der Waals surface area contributed by atoms with Gasteiger partial charge in [-0.3, -0.25) is 0 Å². The van der Waals surface area contributed by atoms with Gasteiger partial charge in [0.2, 0.25) is 0 Å². The van der Waals surface area contributed by atoms with Gasteiger partial charge in [0, 0.05) is 0 Å². The SMILES string of the molecule is CCCC1OC(c2ccc(F)cc2)c2ccc(F)cc21. The first kappa shape index (κ1) is 13.3. The van der Waals surface area contributed by atoms with Gasteiger partial charge in [0.05, 0.1) is 6.10 Å². The van der Waals surface area contributed by atoms with Gasteiger partial charge in [0.1, 0.15) is 17.7 Å². The van der Waals surface area contributed by atoms with Crippen LogP contribution >= 0.6 is 0 Å². The van der Waals surface area contributed by atoms with Crippen molar-refractivity contribution >= 4 is 0 Å². The summed E-state index contributed by atoms with van der Waals surface area (Å²) in [7, 11) is 0. The zero-order valence-electron chi connectivity index (χ0n) is 11.3. The van der Waals surface area contributed by atoms with Crippen molar-refractivity contribution in [2.45, 2.75) is 32.0 Å². The molecule has 0 spiro atoms. The highest BCUT2D eigenvalue weighted by Gasteiger charge is 2.32. The van der Waals surface area contributed by atoms with Crippen LogP contribution in [-0.2, 0) is 4.74 Å². The second kappa shape index (κ2) is 5.33. The van der Waals surface area contributed by atoms with E-state index in [0.717, 1.165) is 29.5 Å². The third kappa shape index (κ3) is 2.34. The predicted molar refractivity (Wildman–Crippen MR) is 73.4 cm³/mol. The quantitative estimate of drug-likeness (QED) is 0.771. The first-order valence-electron chi connectivity index (χ1n) is 6.89. The Hall–Kier alpha value is -1.74. The van der Waals surface area contributed by atoms with E-state index in [0.29, 0.717) is 0 Å². The van der Waals surface area contributed by atoms with E-state index in [9.17, 15) is 8.78 Å². The molecule has 2 aromatic carbocycles. The fraction of sp³-hybridized carbons (Fsp3) is 0.294. The van der Waals surface area contributed by atoms with Crippen LogP contribution in [0.15, 0.2) is 42.5 Å². The van der Waals surface area contributed by atoms with Gasteiger partial charge < -0.3 is 4.74 Å². The van der Waals surface area contributed by atoms with Gasteiger partial charge in [0.15, 0.2) is 0 Å². The van der Waals surface area contributed by atoms with Gasteiger partial charge >= 0.3 is 0 Å². The molecule has 0 fully saturated rings. The molecule has 0 radical (unpaired) electrons. The fourth-order valence-electron chi connectivity index (χ4n) is 2.76. The lowest BCUT2D eigenvalue weighted by molar-refractivity contribution is 0.0281. The van der Waals surface area contributed by atoms with Crippen molar-refractivity contribution in [3.05, 3.63) is 70.8 Å². The molecule has 0 saturated heterocycles. The van der Waals surface area contributed by atoms with Crippen molar-refractivity contribution in [1.29, 1.82) is 0 Å². The average molecular weight is 274 g/mol. The van der Waals surface area contributed by atoms with Crippen LogP contribution in [0.1, 0.15) is 48.7 Å². The second-order valence-corrected chi connectivity index (χ2v) is 5.12. The zero-order chi connectivity index (χ0) is 14.1. The fourth-order valence-corrected chi connectivity index (χ4v) is 2.76. The van der Waals surface area contributed by atoms with Crippen LogP contribution in [-0.4, -0.2) is 0 Å². The summed E-state index contributed by atoms with van der Waals surface area (Å²) in [4.78, 5) is 0. The summed E-state index contributed by atoms with van der Waals surface area (Å²) in [5.74, 6) is -0.510. The Balaban J connectivity index is 2.01. The Morgan fingerprint density at radius 1 is 0.950 bits per heavy atom. The minimum atomic E-state index is -0.267. The minimum Gasteiger partial charge on any atom is -0.361 e. The first-order chi connectivity index (χ1) is 9.69. The molecule has 0 aliphatic carbocycles. The lowest BCUT2D eigenvalue weighted by Crippen LogP contribution is -2.00. The number of benzene rings is 2. The topological polar surface area (TPSA) is 9.23 Å². The Kier molecular flexibility index (Phi) is 3.53. The van der Waals surface area contributed by atoms with Crippen LogP contribution in [0.3, 0.4) is 0 Å².